The van der Waals surface area contributed by atoms with E-state index >= 15 is 0 Å². The Morgan fingerprint density at radius 2 is 2.10 bits per heavy atom. The second-order valence-corrected chi connectivity index (χ2v) is 5.82. The van der Waals surface area contributed by atoms with Crippen molar-refractivity contribution >= 4 is 5.97 Å². The van der Waals surface area contributed by atoms with Gasteiger partial charge in [-0.3, -0.25) is 4.79 Å². The zero-order valence-corrected chi connectivity index (χ0v) is 13.2. The lowest BCUT2D eigenvalue weighted by Crippen LogP contribution is -2.31. The molecule has 0 fully saturated rings. The number of aliphatic carboxylic acids is 1. The maximum Gasteiger partial charge on any atom is 0.312 e. The molecule has 5 heteroatoms. The van der Waals surface area contributed by atoms with Crippen LogP contribution in [-0.4, -0.2) is 30.8 Å². The van der Waals surface area contributed by atoms with Gasteiger partial charge in [-0.15, -0.1) is 0 Å². The molecule has 0 amide bonds. The highest BCUT2D eigenvalue weighted by atomic mass is 16.5. The van der Waals surface area contributed by atoms with Gasteiger partial charge < -0.3 is 20.3 Å². The Hall–Kier alpha value is -1.75. The Morgan fingerprint density at radius 3 is 2.62 bits per heavy atom. The fourth-order valence-corrected chi connectivity index (χ4v) is 1.73. The molecule has 0 radical (unpaired) electrons. The van der Waals surface area contributed by atoms with Gasteiger partial charge in [-0.1, -0.05) is 6.92 Å². The second-order valence-electron chi connectivity index (χ2n) is 5.82. The summed E-state index contributed by atoms with van der Waals surface area (Å²) < 4.78 is 10.9. The maximum absolute atomic E-state index is 11.1. The van der Waals surface area contributed by atoms with E-state index in [1.54, 1.807) is 33.1 Å². The fourth-order valence-electron chi connectivity index (χ4n) is 1.73. The molecule has 0 heterocycles. The summed E-state index contributed by atoms with van der Waals surface area (Å²) in [6.45, 7) is 5.40. The van der Waals surface area contributed by atoms with E-state index in [4.69, 9.17) is 20.3 Å². The van der Waals surface area contributed by atoms with Crippen molar-refractivity contribution in [3.05, 3.63) is 23.8 Å². The summed E-state index contributed by atoms with van der Waals surface area (Å²) in [5, 5.41) is 9.13. The van der Waals surface area contributed by atoms with Crippen LogP contribution in [0.15, 0.2) is 18.2 Å². The molecule has 21 heavy (non-hydrogen) atoms. The van der Waals surface area contributed by atoms with Gasteiger partial charge in [0.25, 0.3) is 0 Å². The number of nitrogens with two attached hydrogens (primary N) is 1. The Morgan fingerprint density at radius 1 is 1.43 bits per heavy atom. The third-order valence-corrected chi connectivity index (χ3v) is 3.44. The van der Waals surface area contributed by atoms with Crippen LogP contribution in [0.4, 0.5) is 0 Å². The molecule has 1 aromatic carbocycles. The van der Waals surface area contributed by atoms with Crippen molar-refractivity contribution < 1.29 is 19.4 Å². The molecule has 0 spiro atoms. The van der Waals surface area contributed by atoms with E-state index in [-0.39, 0.29) is 12.6 Å². The van der Waals surface area contributed by atoms with Gasteiger partial charge in [0.15, 0.2) is 0 Å². The first kappa shape index (κ1) is 17.3. The van der Waals surface area contributed by atoms with Crippen LogP contribution < -0.4 is 15.2 Å². The molecule has 0 aliphatic carbocycles. The number of hydrogen-bond donors (Lipinski definition) is 2. The first-order valence-corrected chi connectivity index (χ1v) is 7.08. The Kier molecular flexibility index (Phi) is 6.03. The van der Waals surface area contributed by atoms with E-state index in [9.17, 15) is 4.79 Å². The zero-order valence-electron chi connectivity index (χ0n) is 13.2. The minimum Gasteiger partial charge on any atom is -0.497 e. The van der Waals surface area contributed by atoms with E-state index in [1.165, 1.54) is 0 Å². The van der Waals surface area contributed by atoms with Gasteiger partial charge in [0, 0.05) is 6.04 Å². The molecule has 0 aliphatic heterocycles. The standard InChI is InChI=1S/C16H25NO4/c1-5-12(17)8-11-9-13(20-4)6-7-14(11)21-10-16(2,3)15(18)19/h6-7,9,12H,5,8,10,17H2,1-4H3,(H,18,19). The van der Waals surface area contributed by atoms with Crippen LogP contribution in [0, 0.1) is 5.41 Å². The summed E-state index contributed by atoms with van der Waals surface area (Å²) in [4.78, 5) is 11.1. The minimum absolute atomic E-state index is 0.0342. The van der Waals surface area contributed by atoms with Crippen LogP contribution in [0.3, 0.4) is 0 Å². The number of carbonyl (C=O) groups is 1. The van der Waals surface area contributed by atoms with Crippen molar-refractivity contribution in [1.82, 2.24) is 0 Å². The van der Waals surface area contributed by atoms with Crippen LogP contribution in [-0.2, 0) is 11.2 Å². The van der Waals surface area contributed by atoms with Gasteiger partial charge in [0.2, 0.25) is 0 Å². The molecule has 5 nitrogen and oxygen atoms in total. The Balaban J connectivity index is 2.92. The average Bonchev–Trinajstić information content (AvgIpc) is 2.45. The summed E-state index contributed by atoms with van der Waals surface area (Å²) >= 11 is 0. The van der Waals surface area contributed by atoms with Crippen molar-refractivity contribution in [1.29, 1.82) is 0 Å². The number of carboxylic acids is 1. The third-order valence-electron chi connectivity index (χ3n) is 3.44. The van der Waals surface area contributed by atoms with Crippen molar-refractivity contribution in [2.24, 2.45) is 11.1 Å². The molecular weight excluding hydrogens is 270 g/mol. The van der Waals surface area contributed by atoms with Crippen molar-refractivity contribution in [2.45, 2.75) is 39.7 Å². The van der Waals surface area contributed by atoms with Crippen molar-refractivity contribution in [3.8, 4) is 11.5 Å². The maximum atomic E-state index is 11.1. The van der Waals surface area contributed by atoms with E-state index < -0.39 is 11.4 Å². The number of ether oxygens (including phenoxy) is 2. The topological polar surface area (TPSA) is 81.8 Å². The molecule has 1 unspecified atom stereocenters. The van der Waals surface area contributed by atoms with Crippen LogP contribution in [0.5, 0.6) is 11.5 Å². The smallest absolute Gasteiger partial charge is 0.312 e. The lowest BCUT2D eigenvalue weighted by molar-refractivity contribution is -0.148. The van der Waals surface area contributed by atoms with Gasteiger partial charge >= 0.3 is 5.97 Å². The van der Waals surface area contributed by atoms with E-state index in [1.807, 2.05) is 13.0 Å². The lowest BCUT2D eigenvalue weighted by atomic mass is 9.95. The summed E-state index contributed by atoms with van der Waals surface area (Å²) in [5.41, 5.74) is 6.00. The van der Waals surface area contributed by atoms with Gasteiger partial charge in [-0.25, -0.2) is 0 Å². The molecule has 0 saturated carbocycles. The summed E-state index contributed by atoms with van der Waals surface area (Å²) in [5.74, 6) is 0.509. The molecule has 0 aliphatic rings. The number of methoxy groups -OCH3 is 1. The lowest BCUT2D eigenvalue weighted by Gasteiger charge is -2.22. The normalized spacial score (nSPS) is 12.8. The molecule has 1 atom stereocenters. The van der Waals surface area contributed by atoms with Gasteiger partial charge in [0.05, 0.1) is 12.5 Å². The Labute approximate surface area is 126 Å². The number of carboxylic acid groups (broad SMARTS) is 1. The van der Waals surface area contributed by atoms with E-state index in [0.29, 0.717) is 12.2 Å². The highest BCUT2D eigenvalue weighted by molar-refractivity contribution is 5.73. The zero-order chi connectivity index (χ0) is 16.0. The van der Waals surface area contributed by atoms with Gasteiger partial charge in [-0.05, 0) is 50.5 Å². The summed E-state index contributed by atoms with van der Waals surface area (Å²) in [7, 11) is 1.60. The molecule has 0 aromatic heterocycles. The minimum atomic E-state index is -0.940. The SMILES string of the molecule is CCC(N)Cc1cc(OC)ccc1OCC(C)(C)C(=O)O. The van der Waals surface area contributed by atoms with Crippen LogP contribution in [0.1, 0.15) is 32.8 Å². The van der Waals surface area contributed by atoms with Crippen LogP contribution >= 0.6 is 0 Å². The molecule has 1 aromatic rings. The molecule has 0 bridgehead atoms. The predicted octanol–water partition coefficient (Wildman–Crippen LogP) is 2.46. The van der Waals surface area contributed by atoms with Crippen LogP contribution in [0.2, 0.25) is 0 Å². The van der Waals surface area contributed by atoms with Gasteiger partial charge in [0.1, 0.15) is 18.1 Å². The second kappa shape index (κ2) is 7.31. The summed E-state index contributed by atoms with van der Waals surface area (Å²) in [6, 6.07) is 5.52. The average molecular weight is 295 g/mol. The highest BCUT2D eigenvalue weighted by Crippen LogP contribution is 2.27. The fraction of sp³-hybridized carbons (Fsp3) is 0.562. The quantitative estimate of drug-likeness (QED) is 0.770. The van der Waals surface area contributed by atoms with Gasteiger partial charge in [-0.2, -0.15) is 0 Å². The largest absolute Gasteiger partial charge is 0.497 e. The summed E-state index contributed by atoms with van der Waals surface area (Å²) in [6.07, 6.45) is 1.52. The first-order valence-electron chi connectivity index (χ1n) is 7.08. The Bertz CT molecular complexity index is 485. The monoisotopic (exact) mass is 295 g/mol. The van der Waals surface area contributed by atoms with Crippen molar-refractivity contribution in [2.75, 3.05) is 13.7 Å². The molecule has 3 N–H and O–H groups in total. The van der Waals surface area contributed by atoms with Crippen molar-refractivity contribution in [3.63, 3.8) is 0 Å². The first-order chi connectivity index (χ1) is 9.80. The molecule has 0 saturated heterocycles. The van der Waals surface area contributed by atoms with Crippen LogP contribution in [0.25, 0.3) is 0 Å². The number of benzene rings is 1. The molecule has 118 valence electrons. The highest BCUT2D eigenvalue weighted by Gasteiger charge is 2.28. The number of rotatable bonds is 8. The van der Waals surface area contributed by atoms with E-state index in [2.05, 4.69) is 0 Å². The van der Waals surface area contributed by atoms with E-state index in [0.717, 1.165) is 17.7 Å². The third kappa shape index (κ3) is 4.93. The predicted molar refractivity (Wildman–Crippen MR) is 81.9 cm³/mol. The molecular formula is C16H25NO4. The molecule has 1 rings (SSSR count). The number of hydrogen-bond acceptors (Lipinski definition) is 4.